The van der Waals surface area contributed by atoms with Gasteiger partial charge in [-0.05, 0) is 63.3 Å². The van der Waals surface area contributed by atoms with Crippen molar-refractivity contribution in [1.82, 2.24) is 14.6 Å². The van der Waals surface area contributed by atoms with Gasteiger partial charge in [-0.15, -0.1) is 0 Å². The topological polar surface area (TPSA) is 59.7 Å². The van der Waals surface area contributed by atoms with E-state index in [0.29, 0.717) is 13.0 Å². The molecule has 0 fully saturated rings. The Morgan fingerprint density at radius 3 is 2.67 bits per heavy atom. The summed E-state index contributed by atoms with van der Waals surface area (Å²) in [4.78, 5) is 18.2. The second-order valence-electron chi connectivity index (χ2n) is 7.75. The van der Waals surface area contributed by atoms with Gasteiger partial charge in [0.1, 0.15) is 0 Å². The summed E-state index contributed by atoms with van der Waals surface area (Å²) in [5.74, 6) is -0.120. The molecule has 0 aliphatic rings. The number of carbonyl (C=O) groups is 1. The molecule has 0 saturated heterocycles. The average Bonchev–Trinajstić information content (AvgIpc) is 3.13. The third-order valence-electron chi connectivity index (χ3n) is 5.43. The number of carbonyl (C=O) groups excluding carboxylic acids is 1. The van der Waals surface area contributed by atoms with Gasteiger partial charge in [-0.25, -0.2) is 4.52 Å². The molecule has 0 saturated carbocycles. The minimum Gasteiger partial charge on any atom is -0.466 e. The van der Waals surface area contributed by atoms with Gasteiger partial charge in [0.25, 0.3) is 0 Å². The molecule has 0 N–H and O–H groups in total. The summed E-state index contributed by atoms with van der Waals surface area (Å²) in [5, 5.41) is 4.89. The first kappa shape index (κ1) is 21.8. The Morgan fingerprint density at radius 2 is 1.97 bits per heavy atom. The molecule has 0 atom stereocenters. The number of hydrogen-bond donors (Lipinski definition) is 0. The zero-order chi connectivity index (χ0) is 21.7. The second kappa shape index (κ2) is 9.74. The third kappa shape index (κ3) is 4.64. The number of aryl methyl sites for hydroxylation is 2. The Bertz CT molecular complexity index is 1020. The Balaban J connectivity index is 2.01. The van der Waals surface area contributed by atoms with Crippen LogP contribution in [0.4, 0.5) is 5.69 Å². The van der Waals surface area contributed by atoms with Gasteiger partial charge in [0.05, 0.1) is 29.7 Å². The maximum atomic E-state index is 11.7. The molecule has 3 aromatic heterocycles. The van der Waals surface area contributed by atoms with Crippen LogP contribution in [0.1, 0.15) is 50.1 Å². The number of fused-ring (bicyclic) bond motifs is 1. The van der Waals surface area contributed by atoms with E-state index in [2.05, 4.69) is 46.4 Å². The molecule has 3 aromatic rings. The van der Waals surface area contributed by atoms with Crippen molar-refractivity contribution < 1.29 is 9.53 Å². The Morgan fingerprint density at radius 1 is 1.17 bits per heavy atom. The van der Waals surface area contributed by atoms with E-state index in [9.17, 15) is 4.79 Å². The minimum atomic E-state index is -0.120. The minimum absolute atomic E-state index is 0.120. The van der Waals surface area contributed by atoms with E-state index in [1.807, 2.05) is 33.4 Å². The van der Waals surface area contributed by atoms with E-state index in [0.717, 1.165) is 48.1 Å². The molecule has 0 aromatic carbocycles. The number of esters is 1. The van der Waals surface area contributed by atoms with Crippen molar-refractivity contribution in [3.8, 4) is 11.1 Å². The van der Waals surface area contributed by atoms with E-state index in [1.54, 1.807) is 0 Å². The highest BCUT2D eigenvalue weighted by molar-refractivity contribution is 5.84. The summed E-state index contributed by atoms with van der Waals surface area (Å²) in [6.07, 6.45) is 7.77. The van der Waals surface area contributed by atoms with Crippen molar-refractivity contribution in [2.75, 3.05) is 25.6 Å². The lowest BCUT2D eigenvalue weighted by Gasteiger charge is -2.18. The number of pyridine rings is 1. The number of hydrogen-bond acceptors (Lipinski definition) is 5. The molecule has 0 radical (unpaired) electrons. The first-order valence-corrected chi connectivity index (χ1v) is 10.7. The molecule has 0 aliphatic heterocycles. The molecule has 160 valence electrons. The predicted octanol–water partition coefficient (Wildman–Crippen LogP) is 4.61. The summed E-state index contributed by atoms with van der Waals surface area (Å²) < 4.78 is 7.12. The van der Waals surface area contributed by atoms with Crippen LogP contribution < -0.4 is 4.90 Å². The summed E-state index contributed by atoms with van der Waals surface area (Å²) in [5.41, 5.74) is 7.90. The summed E-state index contributed by atoms with van der Waals surface area (Å²) >= 11 is 0. The molecule has 0 amide bonds. The van der Waals surface area contributed by atoms with Gasteiger partial charge in [0.15, 0.2) is 0 Å². The third-order valence-corrected chi connectivity index (χ3v) is 5.43. The standard InChI is InChI=1S/C24H32N4O2/c1-6-19-12-13-22-24(18-14-20(27(4)5)16-25-15-18)21(17(3)26-28(19)22)10-8-9-11-23(29)30-7-2/h12-16H,6-11H2,1-5H3. The molecule has 6 nitrogen and oxygen atoms in total. The molecule has 3 rings (SSSR count). The Labute approximate surface area is 178 Å². The van der Waals surface area contributed by atoms with Crippen LogP contribution in [0.2, 0.25) is 0 Å². The SMILES string of the molecule is CCOC(=O)CCCCc1c(C)nn2c(CC)ccc2c1-c1cncc(N(C)C)c1. The number of anilines is 1. The van der Waals surface area contributed by atoms with Gasteiger partial charge in [-0.2, -0.15) is 5.10 Å². The van der Waals surface area contributed by atoms with E-state index < -0.39 is 0 Å². The van der Waals surface area contributed by atoms with Crippen LogP contribution in [0.25, 0.3) is 16.6 Å². The van der Waals surface area contributed by atoms with Crippen molar-refractivity contribution in [3.05, 3.63) is 47.5 Å². The monoisotopic (exact) mass is 408 g/mol. The lowest BCUT2D eigenvalue weighted by molar-refractivity contribution is -0.143. The number of unbranched alkanes of at least 4 members (excludes halogenated alkanes) is 1. The maximum Gasteiger partial charge on any atom is 0.305 e. The van der Waals surface area contributed by atoms with Gasteiger partial charge >= 0.3 is 5.97 Å². The van der Waals surface area contributed by atoms with Crippen LogP contribution in [-0.2, 0) is 22.4 Å². The summed E-state index contributed by atoms with van der Waals surface area (Å²) in [6.45, 7) is 6.50. The molecule has 0 spiro atoms. The lowest BCUT2D eigenvalue weighted by atomic mass is 9.95. The van der Waals surface area contributed by atoms with Crippen molar-refractivity contribution in [3.63, 3.8) is 0 Å². The Kier molecular flexibility index (Phi) is 7.08. The first-order chi connectivity index (χ1) is 14.5. The zero-order valence-corrected chi connectivity index (χ0v) is 18.7. The summed E-state index contributed by atoms with van der Waals surface area (Å²) in [6, 6.07) is 6.49. The normalized spacial score (nSPS) is 11.1. The van der Waals surface area contributed by atoms with Crippen LogP contribution in [0.5, 0.6) is 0 Å². The molecule has 3 heterocycles. The molecule has 0 aliphatic carbocycles. The van der Waals surface area contributed by atoms with Crippen LogP contribution in [-0.4, -0.2) is 41.3 Å². The molecular weight excluding hydrogens is 376 g/mol. The highest BCUT2D eigenvalue weighted by Crippen LogP contribution is 2.33. The van der Waals surface area contributed by atoms with Gasteiger partial charge in [-0.3, -0.25) is 9.78 Å². The predicted molar refractivity (Wildman–Crippen MR) is 121 cm³/mol. The van der Waals surface area contributed by atoms with Crippen LogP contribution in [0, 0.1) is 6.92 Å². The fourth-order valence-electron chi connectivity index (χ4n) is 3.83. The number of ether oxygens (including phenoxy) is 1. The molecule has 0 bridgehead atoms. The smallest absolute Gasteiger partial charge is 0.305 e. The first-order valence-electron chi connectivity index (χ1n) is 10.7. The quantitative estimate of drug-likeness (QED) is 0.382. The second-order valence-corrected chi connectivity index (χ2v) is 7.75. The Hall–Kier alpha value is -2.89. The van der Waals surface area contributed by atoms with Crippen molar-refractivity contribution in [1.29, 1.82) is 0 Å². The number of rotatable bonds is 9. The van der Waals surface area contributed by atoms with Crippen LogP contribution in [0.3, 0.4) is 0 Å². The highest BCUT2D eigenvalue weighted by atomic mass is 16.5. The van der Waals surface area contributed by atoms with Crippen LogP contribution in [0.15, 0.2) is 30.6 Å². The number of aromatic nitrogens is 3. The lowest BCUT2D eigenvalue weighted by Crippen LogP contribution is -2.10. The van der Waals surface area contributed by atoms with Gasteiger partial charge in [-0.1, -0.05) is 6.92 Å². The van der Waals surface area contributed by atoms with Gasteiger partial charge in [0, 0.05) is 43.5 Å². The van der Waals surface area contributed by atoms with Crippen molar-refractivity contribution in [2.24, 2.45) is 0 Å². The zero-order valence-electron chi connectivity index (χ0n) is 18.7. The molecular formula is C24H32N4O2. The average molecular weight is 409 g/mol. The number of nitrogens with zero attached hydrogens (tertiary/aromatic N) is 4. The molecule has 30 heavy (non-hydrogen) atoms. The van der Waals surface area contributed by atoms with Crippen molar-refractivity contribution in [2.45, 2.75) is 52.9 Å². The molecule has 0 unspecified atom stereocenters. The molecule has 6 heteroatoms. The largest absolute Gasteiger partial charge is 0.466 e. The maximum absolute atomic E-state index is 11.7. The van der Waals surface area contributed by atoms with E-state index in [1.165, 1.54) is 16.8 Å². The van der Waals surface area contributed by atoms with Crippen LogP contribution >= 0.6 is 0 Å². The van der Waals surface area contributed by atoms with Crippen molar-refractivity contribution >= 4 is 17.2 Å². The fourth-order valence-corrected chi connectivity index (χ4v) is 3.83. The van der Waals surface area contributed by atoms with Gasteiger partial charge in [0.2, 0.25) is 0 Å². The van der Waals surface area contributed by atoms with Gasteiger partial charge < -0.3 is 9.64 Å². The van der Waals surface area contributed by atoms with E-state index in [-0.39, 0.29) is 5.97 Å². The van der Waals surface area contributed by atoms with E-state index >= 15 is 0 Å². The van der Waals surface area contributed by atoms with E-state index in [4.69, 9.17) is 9.84 Å². The summed E-state index contributed by atoms with van der Waals surface area (Å²) in [7, 11) is 4.05. The highest BCUT2D eigenvalue weighted by Gasteiger charge is 2.17. The fraction of sp³-hybridized carbons (Fsp3) is 0.458.